The van der Waals surface area contributed by atoms with Crippen LogP contribution < -0.4 is 11.0 Å². The van der Waals surface area contributed by atoms with E-state index in [1.807, 2.05) is 13.0 Å². The summed E-state index contributed by atoms with van der Waals surface area (Å²) >= 11 is 0. The fourth-order valence-corrected chi connectivity index (χ4v) is 2.47. The van der Waals surface area contributed by atoms with E-state index in [4.69, 9.17) is 0 Å². The lowest BCUT2D eigenvalue weighted by Crippen LogP contribution is -2.42. The van der Waals surface area contributed by atoms with Gasteiger partial charge >= 0.3 is 5.69 Å². The Balaban J connectivity index is 2.30. The maximum atomic E-state index is 11.6. The number of H-pyrrole nitrogens is 1. The molecule has 6 nitrogen and oxygen atoms in total. The van der Waals surface area contributed by atoms with E-state index in [1.54, 1.807) is 0 Å². The van der Waals surface area contributed by atoms with Crippen LogP contribution in [0.3, 0.4) is 0 Å². The van der Waals surface area contributed by atoms with Crippen molar-refractivity contribution < 1.29 is 0 Å². The summed E-state index contributed by atoms with van der Waals surface area (Å²) in [4.78, 5) is 16.2. The van der Waals surface area contributed by atoms with Crippen molar-refractivity contribution in [1.29, 1.82) is 0 Å². The maximum Gasteiger partial charge on any atom is 0.349 e. The lowest BCUT2D eigenvalue weighted by atomic mass is 9.84. The topological polar surface area (TPSA) is 75.1 Å². The SMILES string of the molecule is CCCNC(Cc1cc2n[nH]c(=O)n2c(C)n1)C(C)(C)C. The molecule has 2 aromatic heterocycles. The Labute approximate surface area is 125 Å². The normalized spacial score (nSPS) is 13.8. The van der Waals surface area contributed by atoms with Crippen LogP contribution in [0.15, 0.2) is 10.9 Å². The Bertz CT molecular complexity index is 665. The van der Waals surface area contributed by atoms with Crippen molar-refractivity contribution in [3.05, 3.63) is 28.1 Å². The van der Waals surface area contributed by atoms with Crippen molar-refractivity contribution in [1.82, 2.24) is 24.9 Å². The Morgan fingerprint density at radius 2 is 2.14 bits per heavy atom. The zero-order valence-electron chi connectivity index (χ0n) is 13.5. The van der Waals surface area contributed by atoms with Crippen LogP contribution >= 0.6 is 0 Å². The molecule has 2 aromatic rings. The molecule has 0 aliphatic rings. The standard InChI is InChI=1S/C15H25N5O/c1-6-7-16-12(15(3,4)5)8-11-9-13-18-19-14(21)20(13)10(2)17-11/h9,12,16H,6-8H2,1-5H3,(H,19,21). The fraction of sp³-hybridized carbons (Fsp3) is 0.667. The van der Waals surface area contributed by atoms with Crippen LogP contribution in [0, 0.1) is 12.3 Å². The molecule has 2 heterocycles. The molecule has 0 saturated carbocycles. The second-order valence-electron chi connectivity index (χ2n) is 6.59. The molecule has 0 fully saturated rings. The van der Waals surface area contributed by atoms with E-state index in [2.05, 4.69) is 48.2 Å². The molecular formula is C15H25N5O. The molecule has 0 radical (unpaired) electrons. The van der Waals surface area contributed by atoms with Gasteiger partial charge in [0.1, 0.15) is 5.82 Å². The highest BCUT2D eigenvalue weighted by Gasteiger charge is 2.25. The molecule has 2 rings (SSSR count). The number of rotatable bonds is 5. The van der Waals surface area contributed by atoms with Crippen LogP contribution in [0.25, 0.3) is 5.65 Å². The zero-order chi connectivity index (χ0) is 15.6. The summed E-state index contributed by atoms with van der Waals surface area (Å²) < 4.78 is 1.50. The predicted octanol–water partition coefficient (Wildman–Crippen LogP) is 1.68. The van der Waals surface area contributed by atoms with Crippen LogP contribution in [-0.4, -0.2) is 32.2 Å². The number of hydrogen-bond acceptors (Lipinski definition) is 4. The van der Waals surface area contributed by atoms with Crippen molar-refractivity contribution in [3.8, 4) is 0 Å². The first kappa shape index (κ1) is 15.7. The summed E-state index contributed by atoms with van der Waals surface area (Å²) in [6.45, 7) is 11.7. The van der Waals surface area contributed by atoms with E-state index < -0.39 is 0 Å². The largest absolute Gasteiger partial charge is 0.349 e. The fourth-order valence-electron chi connectivity index (χ4n) is 2.47. The highest BCUT2D eigenvalue weighted by Crippen LogP contribution is 2.22. The molecule has 1 unspecified atom stereocenters. The van der Waals surface area contributed by atoms with Crippen LogP contribution in [0.1, 0.15) is 45.6 Å². The number of nitrogens with zero attached hydrogens (tertiary/aromatic N) is 3. The van der Waals surface area contributed by atoms with Gasteiger partial charge in [0.15, 0.2) is 5.65 Å². The van der Waals surface area contributed by atoms with E-state index in [1.165, 1.54) is 4.40 Å². The van der Waals surface area contributed by atoms with E-state index in [9.17, 15) is 4.79 Å². The average Bonchev–Trinajstić information content (AvgIpc) is 2.75. The van der Waals surface area contributed by atoms with E-state index in [0.29, 0.717) is 17.5 Å². The van der Waals surface area contributed by atoms with Crippen molar-refractivity contribution >= 4 is 5.65 Å². The quantitative estimate of drug-likeness (QED) is 0.879. The van der Waals surface area contributed by atoms with Crippen molar-refractivity contribution in [2.24, 2.45) is 5.41 Å². The minimum atomic E-state index is -0.238. The predicted molar refractivity (Wildman–Crippen MR) is 83.6 cm³/mol. The summed E-state index contributed by atoms with van der Waals surface area (Å²) in [6, 6.07) is 2.22. The number of nitrogens with one attached hydrogen (secondary N) is 2. The third kappa shape index (κ3) is 3.50. The first-order chi connectivity index (χ1) is 9.82. The molecule has 0 aromatic carbocycles. The third-order valence-corrected chi connectivity index (χ3v) is 3.72. The van der Waals surface area contributed by atoms with Crippen molar-refractivity contribution in [2.75, 3.05) is 6.54 Å². The molecule has 21 heavy (non-hydrogen) atoms. The zero-order valence-corrected chi connectivity index (χ0v) is 13.5. The Morgan fingerprint density at radius 1 is 1.43 bits per heavy atom. The summed E-state index contributed by atoms with van der Waals surface area (Å²) in [7, 11) is 0. The van der Waals surface area contributed by atoms with Gasteiger partial charge in [-0.1, -0.05) is 27.7 Å². The van der Waals surface area contributed by atoms with E-state index in [0.717, 1.165) is 25.1 Å². The van der Waals surface area contributed by atoms with Gasteiger partial charge in [0.25, 0.3) is 0 Å². The van der Waals surface area contributed by atoms with Gasteiger partial charge in [-0.05, 0) is 25.3 Å². The number of aromatic nitrogens is 4. The molecule has 0 aliphatic heterocycles. The minimum absolute atomic E-state index is 0.141. The maximum absolute atomic E-state index is 11.6. The Morgan fingerprint density at radius 3 is 2.76 bits per heavy atom. The van der Waals surface area contributed by atoms with Gasteiger partial charge in [0.2, 0.25) is 0 Å². The van der Waals surface area contributed by atoms with Crippen LogP contribution in [0.4, 0.5) is 0 Å². The second kappa shape index (κ2) is 5.97. The van der Waals surface area contributed by atoms with Gasteiger partial charge in [-0.2, -0.15) is 5.10 Å². The molecule has 2 N–H and O–H groups in total. The number of hydrogen-bond donors (Lipinski definition) is 2. The highest BCUT2D eigenvalue weighted by molar-refractivity contribution is 5.38. The molecule has 0 aliphatic carbocycles. The number of aromatic amines is 1. The molecule has 1 atom stereocenters. The molecule has 0 spiro atoms. The minimum Gasteiger partial charge on any atom is -0.313 e. The van der Waals surface area contributed by atoms with Gasteiger partial charge in [-0.25, -0.2) is 19.3 Å². The van der Waals surface area contributed by atoms with Gasteiger partial charge in [0, 0.05) is 24.2 Å². The summed E-state index contributed by atoms with van der Waals surface area (Å²) in [5.41, 5.74) is 1.49. The molecule has 0 bridgehead atoms. The Kier molecular flexibility index (Phi) is 4.46. The lowest BCUT2D eigenvalue weighted by Gasteiger charge is -2.31. The van der Waals surface area contributed by atoms with Crippen LogP contribution in [-0.2, 0) is 6.42 Å². The summed E-state index contributed by atoms with van der Waals surface area (Å²) in [6.07, 6.45) is 1.93. The van der Waals surface area contributed by atoms with Crippen LogP contribution in [0.2, 0.25) is 0 Å². The molecule has 6 heteroatoms. The summed E-state index contributed by atoms with van der Waals surface area (Å²) in [5.74, 6) is 0.671. The first-order valence-corrected chi connectivity index (χ1v) is 7.50. The van der Waals surface area contributed by atoms with E-state index in [-0.39, 0.29) is 11.1 Å². The van der Waals surface area contributed by atoms with Gasteiger partial charge in [0.05, 0.1) is 0 Å². The Hall–Kier alpha value is -1.69. The van der Waals surface area contributed by atoms with Gasteiger partial charge in [-0.15, -0.1) is 0 Å². The molecular weight excluding hydrogens is 266 g/mol. The summed E-state index contributed by atoms with van der Waals surface area (Å²) in [5, 5.41) is 10.1. The number of fused-ring (bicyclic) bond motifs is 1. The van der Waals surface area contributed by atoms with Crippen molar-refractivity contribution in [2.45, 2.75) is 53.5 Å². The van der Waals surface area contributed by atoms with Gasteiger partial charge < -0.3 is 5.32 Å². The first-order valence-electron chi connectivity index (χ1n) is 7.50. The number of aryl methyl sites for hydroxylation is 1. The third-order valence-electron chi connectivity index (χ3n) is 3.72. The molecule has 116 valence electrons. The molecule has 0 saturated heterocycles. The van der Waals surface area contributed by atoms with Gasteiger partial charge in [-0.3, -0.25) is 0 Å². The molecule has 0 amide bonds. The average molecular weight is 291 g/mol. The monoisotopic (exact) mass is 291 g/mol. The lowest BCUT2D eigenvalue weighted by molar-refractivity contribution is 0.265. The van der Waals surface area contributed by atoms with E-state index >= 15 is 0 Å². The van der Waals surface area contributed by atoms with Crippen LogP contribution in [0.5, 0.6) is 0 Å². The van der Waals surface area contributed by atoms with Crippen molar-refractivity contribution in [3.63, 3.8) is 0 Å². The second-order valence-corrected chi connectivity index (χ2v) is 6.59. The smallest absolute Gasteiger partial charge is 0.313 e. The highest BCUT2D eigenvalue weighted by atomic mass is 16.1.